The fraction of sp³-hybridized carbons (Fsp3) is 0. The molecule has 0 radical (unpaired) electrons. The average molecular weight is 852 g/mol. The number of hydrogen-bond donors (Lipinski definition) is 0. The number of benzene rings is 10. The monoisotopic (exact) mass is 851 g/mol. The van der Waals surface area contributed by atoms with E-state index in [2.05, 4.69) is 223 Å². The van der Waals surface area contributed by atoms with Gasteiger partial charge in [0.1, 0.15) is 11.2 Å². The van der Waals surface area contributed by atoms with E-state index in [1.54, 1.807) is 0 Å². The van der Waals surface area contributed by atoms with Crippen LogP contribution in [0.1, 0.15) is 0 Å². The number of nitrogens with zero attached hydrogens (tertiary/aromatic N) is 1. The van der Waals surface area contributed by atoms with Gasteiger partial charge in [0.2, 0.25) is 0 Å². The second-order valence-corrected chi connectivity index (χ2v) is 18.5. The van der Waals surface area contributed by atoms with Crippen LogP contribution in [-0.2, 0) is 0 Å². The Kier molecular flexibility index (Phi) is 8.61. The Bertz CT molecular complexity index is 3890. The van der Waals surface area contributed by atoms with Gasteiger partial charge in [0.15, 0.2) is 0 Å². The molecule has 0 bridgehead atoms. The molecule has 2 nitrogen and oxygen atoms in total. The van der Waals surface area contributed by atoms with E-state index in [4.69, 9.17) is 4.42 Å². The molecule has 13 rings (SSSR count). The lowest BCUT2D eigenvalue weighted by Crippen LogP contribution is -2.11. The first-order valence-electron chi connectivity index (χ1n) is 21.6. The largest absolute Gasteiger partial charge is 0.456 e. The van der Waals surface area contributed by atoms with Gasteiger partial charge in [-0.15, -0.1) is 22.7 Å². The molecule has 0 fully saturated rings. The van der Waals surface area contributed by atoms with Crippen LogP contribution in [0.2, 0.25) is 0 Å². The van der Waals surface area contributed by atoms with Crippen LogP contribution in [0.3, 0.4) is 0 Å². The quantitative estimate of drug-likeness (QED) is 0.159. The summed E-state index contributed by atoms with van der Waals surface area (Å²) in [5.74, 6) is 0. The molecule has 0 saturated carbocycles. The molecule has 64 heavy (non-hydrogen) atoms. The first kappa shape index (κ1) is 36.9. The molecular formula is C60H37NOS2. The van der Waals surface area contributed by atoms with Crippen LogP contribution in [-0.4, -0.2) is 0 Å². The number of hydrogen-bond acceptors (Lipinski definition) is 4. The van der Waals surface area contributed by atoms with Crippen LogP contribution < -0.4 is 4.90 Å². The van der Waals surface area contributed by atoms with E-state index in [-0.39, 0.29) is 0 Å². The highest BCUT2D eigenvalue weighted by atomic mass is 32.1. The smallest absolute Gasteiger partial charge is 0.135 e. The molecule has 0 aliphatic heterocycles. The SMILES string of the molecule is c1ccc(-c2ccc3c(c2)sc2cc(-c4ccccc4)cc(N(c4ccc5oc6ccccc6c5c4)c4ccc(-c5ccccc5)c5sc6cc(-c7ccccc7)ccc6c45)c23)cc1. The van der Waals surface area contributed by atoms with Gasteiger partial charge in [0, 0.05) is 56.8 Å². The van der Waals surface area contributed by atoms with Crippen molar-refractivity contribution < 1.29 is 4.42 Å². The maximum Gasteiger partial charge on any atom is 0.135 e. The van der Waals surface area contributed by atoms with Crippen molar-refractivity contribution in [3.05, 3.63) is 224 Å². The van der Waals surface area contributed by atoms with E-state index in [0.29, 0.717) is 0 Å². The molecule has 0 N–H and O–H groups in total. The van der Waals surface area contributed by atoms with E-state index in [9.17, 15) is 0 Å². The number of rotatable bonds is 7. The molecule has 0 aliphatic carbocycles. The van der Waals surface area contributed by atoms with Crippen molar-refractivity contribution in [2.45, 2.75) is 0 Å². The van der Waals surface area contributed by atoms with Crippen molar-refractivity contribution >= 4 is 102 Å². The van der Waals surface area contributed by atoms with Gasteiger partial charge < -0.3 is 9.32 Å². The van der Waals surface area contributed by atoms with Crippen LogP contribution >= 0.6 is 22.7 Å². The van der Waals surface area contributed by atoms with Crippen LogP contribution in [0.15, 0.2) is 229 Å². The minimum Gasteiger partial charge on any atom is -0.456 e. The van der Waals surface area contributed by atoms with Gasteiger partial charge in [-0.3, -0.25) is 0 Å². The predicted molar refractivity (Wildman–Crippen MR) is 276 cm³/mol. The minimum atomic E-state index is 0.876. The van der Waals surface area contributed by atoms with Gasteiger partial charge >= 0.3 is 0 Å². The summed E-state index contributed by atoms with van der Waals surface area (Å²) in [7, 11) is 0. The average Bonchev–Trinajstić information content (AvgIpc) is 4.06. The lowest BCUT2D eigenvalue weighted by molar-refractivity contribution is 0.669. The molecule has 0 amide bonds. The molecule has 10 aromatic carbocycles. The van der Waals surface area contributed by atoms with E-state index < -0.39 is 0 Å². The lowest BCUT2D eigenvalue weighted by atomic mass is 9.97. The Hall–Kier alpha value is -7.76. The van der Waals surface area contributed by atoms with Gasteiger partial charge in [-0.05, 0) is 99.1 Å². The third kappa shape index (κ3) is 6.06. The summed E-state index contributed by atoms with van der Waals surface area (Å²) in [6, 6.07) is 81.8. The summed E-state index contributed by atoms with van der Waals surface area (Å²) in [4.78, 5) is 2.54. The highest BCUT2D eigenvalue weighted by Crippen LogP contribution is 2.53. The van der Waals surface area contributed by atoms with Crippen molar-refractivity contribution in [1.82, 2.24) is 0 Å². The van der Waals surface area contributed by atoms with Gasteiger partial charge in [-0.25, -0.2) is 0 Å². The van der Waals surface area contributed by atoms with Crippen LogP contribution in [0.4, 0.5) is 17.1 Å². The Morgan fingerprint density at radius 2 is 0.859 bits per heavy atom. The molecule has 0 unspecified atom stereocenters. The molecule has 0 atom stereocenters. The molecule has 0 spiro atoms. The summed E-state index contributed by atoms with van der Waals surface area (Å²) in [6.45, 7) is 0. The molecule has 3 heterocycles. The van der Waals surface area contributed by atoms with Crippen molar-refractivity contribution in [2.75, 3.05) is 4.90 Å². The Morgan fingerprint density at radius 3 is 1.53 bits per heavy atom. The highest BCUT2D eigenvalue weighted by Gasteiger charge is 2.26. The van der Waals surface area contributed by atoms with Crippen molar-refractivity contribution in [1.29, 1.82) is 0 Å². The summed E-state index contributed by atoms with van der Waals surface area (Å²) in [5, 5.41) is 7.16. The zero-order valence-corrected chi connectivity index (χ0v) is 36.2. The van der Waals surface area contributed by atoms with Crippen LogP contribution in [0.5, 0.6) is 0 Å². The molecule has 0 saturated heterocycles. The van der Waals surface area contributed by atoms with Crippen LogP contribution in [0.25, 0.3) is 107 Å². The standard InChI is InChI=1S/C60H37NOS2/c1-5-15-38(16-6-1)42-25-28-48-55(34-42)63-57-36-44(40-19-9-3-10-20-40)33-52(58(48)57)61(45-27-32-54-50(37-45)47-23-13-14-24-53(47)62-54)51-31-30-46(41-21-11-4-12-22-41)60-59(51)49-29-26-43(35-56(49)64-60)39-17-7-2-8-18-39/h1-37H. The normalized spacial score (nSPS) is 11.8. The third-order valence-electron chi connectivity index (χ3n) is 12.7. The number of fused-ring (bicyclic) bond motifs is 9. The fourth-order valence-corrected chi connectivity index (χ4v) is 12.1. The number of furan rings is 1. The second-order valence-electron chi connectivity index (χ2n) is 16.4. The number of anilines is 3. The summed E-state index contributed by atoms with van der Waals surface area (Å²) >= 11 is 3.76. The molecule has 3 aromatic heterocycles. The van der Waals surface area contributed by atoms with Crippen molar-refractivity contribution in [3.8, 4) is 44.5 Å². The molecular weight excluding hydrogens is 815 g/mol. The maximum absolute atomic E-state index is 6.45. The topological polar surface area (TPSA) is 16.4 Å². The van der Waals surface area contributed by atoms with Gasteiger partial charge in [0.25, 0.3) is 0 Å². The predicted octanol–water partition coefficient (Wildman–Crippen LogP) is 18.5. The van der Waals surface area contributed by atoms with Crippen molar-refractivity contribution in [2.24, 2.45) is 0 Å². The summed E-state index contributed by atoms with van der Waals surface area (Å²) in [5.41, 5.74) is 14.8. The van der Waals surface area contributed by atoms with E-state index >= 15 is 0 Å². The maximum atomic E-state index is 6.45. The van der Waals surface area contributed by atoms with Gasteiger partial charge in [-0.1, -0.05) is 170 Å². The first-order chi connectivity index (χ1) is 31.7. The molecule has 300 valence electrons. The Morgan fingerprint density at radius 1 is 0.312 bits per heavy atom. The number of para-hydroxylation sites is 1. The highest BCUT2D eigenvalue weighted by molar-refractivity contribution is 7.26. The molecule has 4 heteroatoms. The second kappa shape index (κ2) is 15.0. The van der Waals surface area contributed by atoms with E-state index in [1.807, 2.05) is 28.7 Å². The summed E-state index contributed by atoms with van der Waals surface area (Å²) < 4.78 is 11.5. The van der Waals surface area contributed by atoms with Crippen molar-refractivity contribution in [3.63, 3.8) is 0 Å². The van der Waals surface area contributed by atoms with E-state index in [0.717, 1.165) is 39.0 Å². The Labute approximate surface area is 378 Å². The fourth-order valence-electron chi connectivity index (χ4n) is 9.63. The first-order valence-corrected chi connectivity index (χ1v) is 23.3. The third-order valence-corrected chi connectivity index (χ3v) is 14.9. The zero-order valence-electron chi connectivity index (χ0n) is 34.5. The lowest BCUT2D eigenvalue weighted by Gasteiger charge is -2.28. The Balaban J connectivity index is 1.15. The van der Waals surface area contributed by atoms with Crippen LogP contribution in [0, 0.1) is 0 Å². The zero-order chi connectivity index (χ0) is 42.1. The van der Waals surface area contributed by atoms with E-state index in [1.165, 1.54) is 84.9 Å². The number of thiophene rings is 2. The molecule has 13 aromatic rings. The molecule has 0 aliphatic rings. The van der Waals surface area contributed by atoms with Gasteiger partial charge in [0.05, 0.1) is 11.4 Å². The van der Waals surface area contributed by atoms with Gasteiger partial charge in [-0.2, -0.15) is 0 Å². The summed E-state index contributed by atoms with van der Waals surface area (Å²) in [6.07, 6.45) is 0. The minimum absolute atomic E-state index is 0.876.